The van der Waals surface area contributed by atoms with Crippen LogP contribution in [0.15, 0.2) is 36.7 Å². The number of amides is 1. The van der Waals surface area contributed by atoms with E-state index in [-0.39, 0.29) is 5.91 Å². The molecule has 1 aromatic heterocycles. The van der Waals surface area contributed by atoms with Crippen LogP contribution in [0.2, 0.25) is 0 Å². The van der Waals surface area contributed by atoms with Gasteiger partial charge in [-0.15, -0.1) is 0 Å². The van der Waals surface area contributed by atoms with E-state index >= 15 is 0 Å². The number of rotatable bonds is 9. The van der Waals surface area contributed by atoms with Crippen LogP contribution in [0.1, 0.15) is 22.3 Å². The van der Waals surface area contributed by atoms with Crippen LogP contribution in [-0.2, 0) is 11.3 Å². The van der Waals surface area contributed by atoms with Gasteiger partial charge in [0.25, 0.3) is 5.91 Å². The smallest absolute Gasteiger partial charge is 0.254 e. The molecule has 0 spiro atoms. The van der Waals surface area contributed by atoms with Gasteiger partial charge in [0.1, 0.15) is 5.75 Å². The Labute approximate surface area is 141 Å². The fourth-order valence-electron chi connectivity index (χ4n) is 2.08. The molecule has 128 valence electrons. The summed E-state index contributed by atoms with van der Waals surface area (Å²) in [7, 11) is 3.27. The van der Waals surface area contributed by atoms with Crippen molar-refractivity contribution in [3.8, 4) is 5.75 Å². The molecule has 1 heterocycles. The van der Waals surface area contributed by atoms with Gasteiger partial charge in [0.2, 0.25) is 5.95 Å². The molecule has 0 saturated heterocycles. The van der Waals surface area contributed by atoms with E-state index in [0.29, 0.717) is 31.2 Å². The molecule has 0 fully saturated rings. The predicted molar refractivity (Wildman–Crippen MR) is 91.2 cm³/mol. The molecule has 0 aliphatic rings. The number of anilines is 1. The lowest BCUT2D eigenvalue weighted by molar-refractivity contribution is 0.0950. The fourth-order valence-corrected chi connectivity index (χ4v) is 2.08. The Morgan fingerprint density at radius 1 is 1.17 bits per heavy atom. The molecular formula is C17H22N4O3. The van der Waals surface area contributed by atoms with Gasteiger partial charge >= 0.3 is 0 Å². The minimum atomic E-state index is -0.230. The molecule has 2 N–H and O–H groups in total. The zero-order valence-electron chi connectivity index (χ0n) is 13.9. The molecular weight excluding hydrogens is 308 g/mol. The molecule has 2 aromatic rings. The first kappa shape index (κ1) is 17.7. The maximum Gasteiger partial charge on any atom is 0.254 e. The monoisotopic (exact) mass is 330 g/mol. The van der Waals surface area contributed by atoms with Crippen LogP contribution in [0.3, 0.4) is 0 Å². The van der Waals surface area contributed by atoms with Crippen molar-refractivity contribution in [1.29, 1.82) is 0 Å². The van der Waals surface area contributed by atoms with E-state index in [1.807, 2.05) is 24.3 Å². The Kier molecular flexibility index (Phi) is 6.97. The Morgan fingerprint density at radius 3 is 2.62 bits per heavy atom. The molecule has 0 atom stereocenters. The second kappa shape index (κ2) is 9.46. The van der Waals surface area contributed by atoms with Gasteiger partial charge in [0.15, 0.2) is 0 Å². The topological polar surface area (TPSA) is 85.4 Å². The first-order chi connectivity index (χ1) is 11.7. The molecule has 0 aliphatic heterocycles. The summed E-state index contributed by atoms with van der Waals surface area (Å²) in [6.07, 6.45) is 3.87. The van der Waals surface area contributed by atoms with Gasteiger partial charge in [0, 0.05) is 44.8 Å². The van der Waals surface area contributed by atoms with Crippen LogP contribution in [0.5, 0.6) is 5.75 Å². The zero-order valence-corrected chi connectivity index (χ0v) is 13.9. The third kappa shape index (κ3) is 5.20. The maximum atomic E-state index is 12.2. The van der Waals surface area contributed by atoms with Gasteiger partial charge in [-0.3, -0.25) is 4.79 Å². The van der Waals surface area contributed by atoms with E-state index in [2.05, 4.69) is 20.6 Å². The fraction of sp³-hybridized carbons (Fsp3) is 0.353. The van der Waals surface area contributed by atoms with Gasteiger partial charge in [-0.05, 0) is 12.5 Å². The summed E-state index contributed by atoms with van der Waals surface area (Å²) in [5.41, 5.74) is 1.32. The van der Waals surface area contributed by atoms with E-state index in [1.165, 1.54) is 12.4 Å². The average Bonchev–Trinajstić information content (AvgIpc) is 2.64. The summed E-state index contributed by atoms with van der Waals surface area (Å²) >= 11 is 0. The van der Waals surface area contributed by atoms with Gasteiger partial charge < -0.3 is 20.1 Å². The molecule has 0 unspecified atom stereocenters. The first-order valence-corrected chi connectivity index (χ1v) is 7.69. The number of hydrogen-bond donors (Lipinski definition) is 2. The molecule has 2 rings (SSSR count). The van der Waals surface area contributed by atoms with E-state index in [0.717, 1.165) is 17.7 Å². The molecule has 0 radical (unpaired) electrons. The Morgan fingerprint density at radius 2 is 1.92 bits per heavy atom. The van der Waals surface area contributed by atoms with E-state index in [4.69, 9.17) is 9.47 Å². The quantitative estimate of drug-likeness (QED) is 0.683. The molecule has 7 nitrogen and oxygen atoms in total. The molecule has 7 heteroatoms. The number of benzene rings is 1. The highest BCUT2D eigenvalue weighted by molar-refractivity contribution is 5.93. The van der Waals surface area contributed by atoms with Crippen LogP contribution in [-0.4, -0.2) is 43.2 Å². The van der Waals surface area contributed by atoms with Crippen molar-refractivity contribution in [3.05, 3.63) is 47.8 Å². The summed E-state index contributed by atoms with van der Waals surface area (Å²) in [4.78, 5) is 20.4. The van der Waals surface area contributed by atoms with Crippen molar-refractivity contribution in [2.24, 2.45) is 0 Å². The zero-order chi connectivity index (χ0) is 17.2. The van der Waals surface area contributed by atoms with Crippen molar-refractivity contribution >= 4 is 11.9 Å². The molecule has 24 heavy (non-hydrogen) atoms. The van der Waals surface area contributed by atoms with Crippen molar-refractivity contribution in [1.82, 2.24) is 15.3 Å². The maximum absolute atomic E-state index is 12.2. The normalized spacial score (nSPS) is 10.2. The van der Waals surface area contributed by atoms with Crippen LogP contribution < -0.4 is 15.4 Å². The largest absolute Gasteiger partial charge is 0.496 e. The summed E-state index contributed by atoms with van der Waals surface area (Å²) in [6, 6.07) is 7.55. The summed E-state index contributed by atoms with van der Waals surface area (Å²) in [6.45, 7) is 1.77. The predicted octanol–water partition coefficient (Wildman–Crippen LogP) is 1.86. The lowest BCUT2D eigenvalue weighted by Gasteiger charge is -2.09. The highest BCUT2D eigenvalue weighted by atomic mass is 16.5. The van der Waals surface area contributed by atoms with E-state index in [1.54, 1.807) is 14.2 Å². The summed E-state index contributed by atoms with van der Waals surface area (Å²) in [5.74, 6) is 1.00. The molecule has 0 saturated carbocycles. The van der Waals surface area contributed by atoms with Crippen LogP contribution >= 0.6 is 0 Å². The number of aromatic nitrogens is 2. The number of nitrogens with one attached hydrogen (secondary N) is 2. The van der Waals surface area contributed by atoms with Crippen molar-refractivity contribution < 1.29 is 14.3 Å². The minimum absolute atomic E-state index is 0.230. The lowest BCUT2D eigenvalue weighted by atomic mass is 10.2. The molecule has 1 amide bonds. The highest BCUT2D eigenvalue weighted by Gasteiger charge is 2.08. The third-order valence-corrected chi connectivity index (χ3v) is 3.35. The number of ether oxygens (including phenoxy) is 2. The van der Waals surface area contributed by atoms with Crippen LogP contribution in [0, 0.1) is 0 Å². The Bertz CT molecular complexity index is 647. The van der Waals surface area contributed by atoms with Crippen LogP contribution in [0.4, 0.5) is 5.95 Å². The van der Waals surface area contributed by atoms with Gasteiger partial charge in [-0.25, -0.2) is 9.97 Å². The summed E-state index contributed by atoms with van der Waals surface area (Å²) < 4.78 is 10.2. The molecule has 1 aromatic carbocycles. The number of carbonyl (C=O) groups excluding carboxylic acids is 1. The minimum Gasteiger partial charge on any atom is -0.496 e. The van der Waals surface area contributed by atoms with Crippen LogP contribution in [0.25, 0.3) is 0 Å². The summed E-state index contributed by atoms with van der Waals surface area (Å²) in [5, 5.41) is 5.90. The first-order valence-electron chi connectivity index (χ1n) is 7.69. The number of methoxy groups -OCH3 is 2. The lowest BCUT2D eigenvalue weighted by Crippen LogP contribution is -2.23. The average molecular weight is 330 g/mol. The van der Waals surface area contributed by atoms with E-state index < -0.39 is 0 Å². The van der Waals surface area contributed by atoms with Gasteiger partial charge in [-0.2, -0.15) is 0 Å². The van der Waals surface area contributed by atoms with Crippen molar-refractivity contribution in [2.75, 3.05) is 32.7 Å². The standard InChI is InChI=1S/C17H22N4O3/c1-23-9-5-8-18-17-20-11-14(12-21-17)16(22)19-10-13-6-3-4-7-15(13)24-2/h3-4,6-7,11-12H,5,8-10H2,1-2H3,(H,19,22)(H,18,20,21). The number of nitrogens with zero attached hydrogens (tertiary/aromatic N) is 2. The van der Waals surface area contributed by atoms with E-state index in [9.17, 15) is 4.79 Å². The Balaban J connectivity index is 1.86. The molecule has 0 bridgehead atoms. The van der Waals surface area contributed by atoms with Crippen molar-refractivity contribution in [3.63, 3.8) is 0 Å². The number of carbonyl (C=O) groups is 1. The second-order valence-corrected chi connectivity index (χ2v) is 5.06. The van der Waals surface area contributed by atoms with Gasteiger partial charge in [0.05, 0.1) is 12.7 Å². The number of para-hydroxylation sites is 1. The molecule has 0 aliphatic carbocycles. The SMILES string of the molecule is COCCCNc1ncc(C(=O)NCc2ccccc2OC)cn1. The third-order valence-electron chi connectivity index (χ3n) is 3.35. The highest BCUT2D eigenvalue weighted by Crippen LogP contribution is 2.16. The second-order valence-electron chi connectivity index (χ2n) is 5.06. The number of hydrogen-bond acceptors (Lipinski definition) is 6. The van der Waals surface area contributed by atoms with Crippen molar-refractivity contribution in [2.45, 2.75) is 13.0 Å². The van der Waals surface area contributed by atoms with Gasteiger partial charge in [-0.1, -0.05) is 18.2 Å². The Hall–Kier alpha value is -2.67.